The summed E-state index contributed by atoms with van der Waals surface area (Å²) in [7, 11) is 0. The van der Waals surface area contributed by atoms with Crippen molar-refractivity contribution in [3.8, 4) is 11.3 Å². The average molecular weight is 470 g/mol. The molecule has 0 unspecified atom stereocenters. The molecule has 1 amide bonds. The van der Waals surface area contributed by atoms with Gasteiger partial charge in [-0.3, -0.25) is 14.2 Å². The third-order valence-electron chi connectivity index (χ3n) is 6.41. The smallest absolute Gasteiger partial charge is 0.254 e. The summed E-state index contributed by atoms with van der Waals surface area (Å²) in [6.07, 6.45) is 8.01. The van der Waals surface area contributed by atoms with Gasteiger partial charge in [0.2, 0.25) is 0 Å². The molecule has 0 bridgehead atoms. The van der Waals surface area contributed by atoms with E-state index in [-0.39, 0.29) is 11.4 Å². The molecule has 0 atom stereocenters. The van der Waals surface area contributed by atoms with Gasteiger partial charge in [-0.05, 0) is 69.9 Å². The van der Waals surface area contributed by atoms with Gasteiger partial charge in [0.25, 0.3) is 5.91 Å². The molecule has 1 N–H and O–H groups in total. The zero-order valence-electron chi connectivity index (χ0n) is 20.7. The van der Waals surface area contributed by atoms with Crippen LogP contribution in [-0.4, -0.2) is 35.4 Å². The average Bonchev–Trinajstić information content (AvgIpc) is 3.55. The Kier molecular flexibility index (Phi) is 5.96. The highest BCUT2D eigenvalue weighted by Crippen LogP contribution is 2.23. The van der Waals surface area contributed by atoms with Crippen LogP contribution in [0.5, 0.6) is 0 Å². The fraction of sp³-hybridized carbons (Fsp3) is 0.370. The number of rotatable bonds is 6. The molecule has 0 aliphatic carbocycles. The summed E-state index contributed by atoms with van der Waals surface area (Å²) in [5, 5.41) is 12.0. The number of benzene rings is 1. The molecule has 1 aliphatic rings. The van der Waals surface area contributed by atoms with Crippen molar-refractivity contribution in [2.24, 2.45) is 0 Å². The van der Waals surface area contributed by atoms with Crippen LogP contribution in [0.15, 0.2) is 49.1 Å². The van der Waals surface area contributed by atoms with Gasteiger partial charge >= 0.3 is 0 Å². The third-order valence-corrected chi connectivity index (χ3v) is 6.41. The van der Waals surface area contributed by atoms with E-state index in [4.69, 9.17) is 5.10 Å². The van der Waals surface area contributed by atoms with Crippen LogP contribution in [0.4, 0.5) is 0 Å². The summed E-state index contributed by atoms with van der Waals surface area (Å²) in [4.78, 5) is 21.6. The minimum atomic E-state index is -0.162. The van der Waals surface area contributed by atoms with E-state index in [2.05, 4.69) is 64.9 Å². The summed E-state index contributed by atoms with van der Waals surface area (Å²) in [5.74, 6) is -0.130. The fourth-order valence-electron chi connectivity index (χ4n) is 4.38. The normalized spacial score (nSPS) is 13.1. The molecule has 8 nitrogen and oxygen atoms in total. The van der Waals surface area contributed by atoms with E-state index in [1.807, 2.05) is 18.2 Å². The van der Waals surface area contributed by atoms with Crippen LogP contribution in [0, 0.1) is 6.92 Å². The Labute approximate surface area is 205 Å². The Morgan fingerprint density at radius 1 is 1.11 bits per heavy atom. The highest BCUT2D eigenvalue weighted by Gasteiger charge is 2.17. The van der Waals surface area contributed by atoms with Gasteiger partial charge in [-0.25, -0.2) is 9.97 Å². The number of aromatic nitrogens is 6. The van der Waals surface area contributed by atoms with Crippen LogP contribution < -0.4 is 5.32 Å². The van der Waals surface area contributed by atoms with E-state index in [0.29, 0.717) is 18.5 Å². The van der Waals surface area contributed by atoms with Gasteiger partial charge in [0.15, 0.2) is 0 Å². The molecular formula is C27H31N7O. The number of hydrogen-bond donors (Lipinski definition) is 1. The lowest BCUT2D eigenvalue weighted by Gasteiger charge is -2.18. The summed E-state index contributed by atoms with van der Waals surface area (Å²) in [5.41, 5.74) is 7.79. The molecule has 0 saturated heterocycles. The van der Waals surface area contributed by atoms with Gasteiger partial charge in [0.05, 0.1) is 34.4 Å². The largest absolute Gasteiger partial charge is 0.348 e. The topological polar surface area (TPSA) is 90.5 Å². The molecule has 4 heterocycles. The van der Waals surface area contributed by atoms with Crippen molar-refractivity contribution < 1.29 is 4.79 Å². The maximum absolute atomic E-state index is 12.6. The first kappa shape index (κ1) is 23.0. The second-order valence-corrected chi connectivity index (χ2v) is 10.2. The van der Waals surface area contributed by atoms with Gasteiger partial charge in [0, 0.05) is 37.0 Å². The first-order valence-electron chi connectivity index (χ1n) is 12.1. The first-order valence-corrected chi connectivity index (χ1v) is 12.1. The number of amides is 1. The minimum absolute atomic E-state index is 0.130. The summed E-state index contributed by atoms with van der Waals surface area (Å²) >= 11 is 0. The summed E-state index contributed by atoms with van der Waals surface area (Å²) in [6, 6.07) is 10.4. The molecule has 5 rings (SSSR count). The van der Waals surface area contributed by atoms with Crippen molar-refractivity contribution in [3.63, 3.8) is 0 Å². The molecule has 4 aromatic rings. The van der Waals surface area contributed by atoms with E-state index < -0.39 is 0 Å². The molecule has 0 fully saturated rings. The zero-order valence-corrected chi connectivity index (χ0v) is 20.7. The number of carbonyl (C=O) groups is 1. The quantitative estimate of drug-likeness (QED) is 0.460. The third kappa shape index (κ3) is 5.01. The Morgan fingerprint density at radius 3 is 2.71 bits per heavy atom. The van der Waals surface area contributed by atoms with Crippen molar-refractivity contribution in [2.75, 3.05) is 0 Å². The molecule has 1 aromatic carbocycles. The van der Waals surface area contributed by atoms with Crippen molar-refractivity contribution in [1.82, 2.24) is 34.8 Å². The van der Waals surface area contributed by atoms with Gasteiger partial charge in [-0.2, -0.15) is 10.2 Å². The molecule has 180 valence electrons. The Hall–Kier alpha value is -3.81. The second-order valence-electron chi connectivity index (χ2n) is 10.2. The lowest BCUT2D eigenvalue weighted by Crippen LogP contribution is -2.24. The van der Waals surface area contributed by atoms with Crippen LogP contribution >= 0.6 is 0 Å². The maximum atomic E-state index is 12.6. The zero-order chi connectivity index (χ0) is 24.6. The molecule has 3 aromatic heterocycles. The number of fused-ring (bicyclic) bond motifs is 1. The van der Waals surface area contributed by atoms with Crippen molar-refractivity contribution >= 4 is 5.91 Å². The van der Waals surface area contributed by atoms with Crippen LogP contribution in [0.25, 0.3) is 11.3 Å². The van der Waals surface area contributed by atoms with E-state index >= 15 is 0 Å². The van der Waals surface area contributed by atoms with E-state index in [9.17, 15) is 4.79 Å². The number of hydrogen-bond acceptors (Lipinski definition) is 5. The van der Waals surface area contributed by atoms with Crippen LogP contribution in [0.3, 0.4) is 0 Å². The number of nitrogens with zero attached hydrogens (tertiary/aromatic N) is 6. The fourth-order valence-corrected chi connectivity index (χ4v) is 4.38. The number of aryl methyl sites for hydroxylation is 3. The number of carbonyl (C=O) groups excluding carboxylic acids is 1. The predicted octanol–water partition coefficient (Wildman–Crippen LogP) is 4.07. The summed E-state index contributed by atoms with van der Waals surface area (Å²) < 4.78 is 3.91. The van der Waals surface area contributed by atoms with Gasteiger partial charge in [-0.15, -0.1) is 0 Å². The summed E-state index contributed by atoms with van der Waals surface area (Å²) in [6.45, 7) is 9.67. The lowest BCUT2D eigenvalue weighted by molar-refractivity contribution is 0.0950. The van der Waals surface area contributed by atoms with Crippen LogP contribution in [0.1, 0.15) is 65.8 Å². The predicted molar refractivity (Wildman–Crippen MR) is 134 cm³/mol. The molecule has 8 heteroatoms. The molecule has 35 heavy (non-hydrogen) atoms. The first-order chi connectivity index (χ1) is 16.8. The van der Waals surface area contributed by atoms with Gasteiger partial charge < -0.3 is 5.32 Å². The van der Waals surface area contributed by atoms with Crippen molar-refractivity contribution in [3.05, 3.63) is 82.8 Å². The Morgan fingerprint density at radius 2 is 1.97 bits per heavy atom. The molecule has 0 spiro atoms. The molecular weight excluding hydrogens is 438 g/mol. The Bertz CT molecular complexity index is 1350. The van der Waals surface area contributed by atoms with Gasteiger partial charge in [-0.1, -0.05) is 12.1 Å². The monoisotopic (exact) mass is 469 g/mol. The SMILES string of the molecule is Cc1cc(-c2cc(Cc3cc4n(n3)CCC4)ncn2)ccc1CNC(=O)c1cnn(C(C)(C)C)c1. The molecule has 0 saturated carbocycles. The molecule has 1 aliphatic heterocycles. The Balaban J connectivity index is 1.25. The van der Waals surface area contributed by atoms with Crippen LogP contribution in [-0.2, 0) is 31.5 Å². The highest BCUT2D eigenvalue weighted by atomic mass is 16.1. The lowest BCUT2D eigenvalue weighted by atomic mass is 10.0. The second kappa shape index (κ2) is 9.09. The van der Waals surface area contributed by atoms with Crippen LogP contribution in [0.2, 0.25) is 0 Å². The number of nitrogens with one attached hydrogen (secondary N) is 1. The highest BCUT2D eigenvalue weighted by molar-refractivity contribution is 5.93. The van der Waals surface area contributed by atoms with Crippen molar-refractivity contribution in [1.29, 1.82) is 0 Å². The maximum Gasteiger partial charge on any atom is 0.254 e. The molecule has 0 radical (unpaired) electrons. The van der Waals surface area contributed by atoms with Gasteiger partial charge in [0.1, 0.15) is 6.33 Å². The minimum Gasteiger partial charge on any atom is -0.348 e. The van der Waals surface area contributed by atoms with Crippen molar-refractivity contribution in [2.45, 2.75) is 65.6 Å². The van der Waals surface area contributed by atoms with E-state index in [1.165, 1.54) is 12.1 Å². The standard InChI is InChI=1S/C27H31N7O/c1-18-10-19(7-8-20(18)14-28-26(35)21-15-31-34(16-21)27(2,3)4)25-13-22(29-17-30-25)11-23-12-24-6-5-9-33(24)32-23/h7-8,10,12-13,15-17H,5-6,9,11,14H2,1-4H3,(H,28,35). The van der Waals surface area contributed by atoms with E-state index in [0.717, 1.165) is 46.7 Å². The van der Waals surface area contributed by atoms with E-state index in [1.54, 1.807) is 23.4 Å².